The van der Waals surface area contributed by atoms with Crippen molar-refractivity contribution >= 4 is 5.78 Å². The number of hydrogen-bond acceptors (Lipinski definition) is 4. The zero-order valence-corrected chi connectivity index (χ0v) is 8.09. The van der Waals surface area contributed by atoms with E-state index in [1.54, 1.807) is 6.20 Å². The third-order valence-electron chi connectivity index (χ3n) is 2.19. The van der Waals surface area contributed by atoms with Crippen LogP contribution in [0.4, 0.5) is 0 Å². The molecule has 1 unspecified atom stereocenters. The number of fused-ring (bicyclic) bond motifs is 1. The largest absolute Gasteiger partial charge is 0.330 e. The van der Waals surface area contributed by atoms with Crippen molar-refractivity contribution < 1.29 is 0 Å². The maximum absolute atomic E-state index is 5.56. The van der Waals surface area contributed by atoms with Crippen LogP contribution in [0.1, 0.15) is 12.7 Å². The molecule has 0 saturated heterocycles. The fourth-order valence-corrected chi connectivity index (χ4v) is 1.32. The molecule has 2 N–H and O–H groups in total. The summed E-state index contributed by atoms with van der Waals surface area (Å²) in [6.45, 7) is 2.76. The van der Waals surface area contributed by atoms with E-state index in [0.29, 0.717) is 18.2 Å². The predicted molar refractivity (Wildman–Crippen MR) is 52.7 cm³/mol. The van der Waals surface area contributed by atoms with Crippen LogP contribution in [0.5, 0.6) is 0 Å². The minimum atomic E-state index is 0.419. The van der Waals surface area contributed by atoms with Crippen molar-refractivity contribution in [1.29, 1.82) is 0 Å². The Kier molecular flexibility index (Phi) is 2.41. The molecular formula is C9H13N5. The second kappa shape index (κ2) is 3.71. The van der Waals surface area contributed by atoms with E-state index >= 15 is 0 Å². The van der Waals surface area contributed by atoms with E-state index in [1.807, 2.05) is 16.7 Å². The van der Waals surface area contributed by atoms with Gasteiger partial charge in [-0.3, -0.25) is 4.40 Å². The molecule has 0 aliphatic heterocycles. The summed E-state index contributed by atoms with van der Waals surface area (Å²) in [6, 6.07) is 1.87. The van der Waals surface area contributed by atoms with Crippen molar-refractivity contribution in [3.63, 3.8) is 0 Å². The Morgan fingerprint density at radius 3 is 3.14 bits per heavy atom. The summed E-state index contributed by atoms with van der Waals surface area (Å²) in [5, 5.41) is 8.05. The van der Waals surface area contributed by atoms with Gasteiger partial charge in [-0.25, -0.2) is 4.98 Å². The molecule has 14 heavy (non-hydrogen) atoms. The van der Waals surface area contributed by atoms with Crippen LogP contribution in [0.2, 0.25) is 0 Å². The highest BCUT2D eigenvalue weighted by atomic mass is 15.3. The van der Waals surface area contributed by atoms with Crippen LogP contribution in [0, 0.1) is 5.92 Å². The highest BCUT2D eigenvalue weighted by molar-refractivity contribution is 5.26. The van der Waals surface area contributed by atoms with Gasteiger partial charge in [-0.1, -0.05) is 6.92 Å². The lowest BCUT2D eigenvalue weighted by Gasteiger charge is -2.05. The van der Waals surface area contributed by atoms with Gasteiger partial charge in [0, 0.05) is 18.8 Å². The fraction of sp³-hybridized carbons (Fsp3) is 0.444. The molecule has 0 bridgehead atoms. The van der Waals surface area contributed by atoms with Crippen LogP contribution in [0.15, 0.2) is 18.5 Å². The maximum Gasteiger partial charge on any atom is 0.254 e. The molecule has 2 aromatic rings. The molecule has 5 nitrogen and oxygen atoms in total. The molecule has 0 aliphatic rings. The first kappa shape index (κ1) is 9.08. The number of nitrogens with two attached hydrogens (primary N) is 1. The quantitative estimate of drug-likeness (QED) is 0.755. The molecule has 2 heterocycles. The minimum absolute atomic E-state index is 0.419. The Morgan fingerprint density at radius 2 is 2.36 bits per heavy atom. The molecule has 2 rings (SSSR count). The van der Waals surface area contributed by atoms with Crippen LogP contribution in [0.3, 0.4) is 0 Å². The van der Waals surface area contributed by atoms with E-state index in [-0.39, 0.29) is 0 Å². The molecule has 5 heteroatoms. The van der Waals surface area contributed by atoms with Gasteiger partial charge >= 0.3 is 0 Å². The van der Waals surface area contributed by atoms with E-state index in [4.69, 9.17) is 5.73 Å². The van der Waals surface area contributed by atoms with Crippen LogP contribution in [-0.4, -0.2) is 26.1 Å². The Morgan fingerprint density at radius 1 is 1.50 bits per heavy atom. The predicted octanol–water partition coefficient (Wildman–Crippen LogP) is 0.262. The summed E-state index contributed by atoms with van der Waals surface area (Å²) in [7, 11) is 0. The van der Waals surface area contributed by atoms with E-state index in [0.717, 1.165) is 12.2 Å². The van der Waals surface area contributed by atoms with Crippen LogP contribution in [0.25, 0.3) is 5.78 Å². The van der Waals surface area contributed by atoms with Gasteiger partial charge in [0.1, 0.15) is 5.82 Å². The molecule has 0 radical (unpaired) electrons. The van der Waals surface area contributed by atoms with Crippen LogP contribution in [-0.2, 0) is 6.42 Å². The first-order chi connectivity index (χ1) is 6.81. The third-order valence-corrected chi connectivity index (χ3v) is 2.19. The molecule has 74 valence electrons. The first-order valence-electron chi connectivity index (χ1n) is 4.66. The zero-order chi connectivity index (χ0) is 9.97. The van der Waals surface area contributed by atoms with E-state index in [1.165, 1.54) is 0 Å². The Hall–Kier alpha value is -1.49. The average molecular weight is 191 g/mol. The second-order valence-electron chi connectivity index (χ2n) is 3.45. The van der Waals surface area contributed by atoms with Gasteiger partial charge in [-0.05, 0) is 18.5 Å². The molecule has 0 aromatic carbocycles. The lowest BCUT2D eigenvalue weighted by atomic mass is 10.1. The summed E-state index contributed by atoms with van der Waals surface area (Å²) in [5.41, 5.74) is 5.56. The smallest absolute Gasteiger partial charge is 0.254 e. The van der Waals surface area contributed by atoms with Crippen LogP contribution < -0.4 is 5.73 Å². The lowest BCUT2D eigenvalue weighted by molar-refractivity contribution is 0.570. The first-order valence-corrected chi connectivity index (χ1v) is 4.66. The van der Waals surface area contributed by atoms with E-state index < -0.39 is 0 Å². The monoisotopic (exact) mass is 191 g/mol. The highest BCUT2D eigenvalue weighted by Gasteiger charge is 2.08. The van der Waals surface area contributed by atoms with Crippen molar-refractivity contribution in [3.05, 3.63) is 24.3 Å². The molecule has 0 spiro atoms. The molecule has 0 fully saturated rings. The topological polar surface area (TPSA) is 69.1 Å². The summed E-state index contributed by atoms with van der Waals surface area (Å²) in [5.74, 6) is 1.99. The second-order valence-corrected chi connectivity index (χ2v) is 3.45. The summed E-state index contributed by atoms with van der Waals surface area (Å²) in [6.07, 6.45) is 4.46. The molecule has 0 amide bonds. The van der Waals surface area contributed by atoms with E-state index in [2.05, 4.69) is 22.1 Å². The zero-order valence-electron chi connectivity index (χ0n) is 8.09. The standard InChI is InChI=1S/C9H13N5/c1-7(6-10)5-8-12-13-9-11-3-2-4-14(8)9/h2-4,7H,5-6,10H2,1H3. The number of nitrogens with zero attached hydrogens (tertiary/aromatic N) is 4. The van der Waals surface area contributed by atoms with Gasteiger partial charge in [0.15, 0.2) is 0 Å². The minimum Gasteiger partial charge on any atom is -0.330 e. The lowest BCUT2D eigenvalue weighted by Crippen LogP contribution is -2.14. The van der Waals surface area contributed by atoms with Gasteiger partial charge in [0.2, 0.25) is 0 Å². The molecule has 2 aromatic heterocycles. The number of hydrogen-bond donors (Lipinski definition) is 1. The van der Waals surface area contributed by atoms with Gasteiger partial charge in [0.05, 0.1) is 0 Å². The molecule has 0 saturated carbocycles. The molecule has 1 atom stereocenters. The summed E-state index contributed by atoms with van der Waals surface area (Å²) < 4.78 is 1.90. The molecular weight excluding hydrogens is 178 g/mol. The van der Waals surface area contributed by atoms with Crippen molar-refractivity contribution in [2.45, 2.75) is 13.3 Å². The Bertz CT molecular complexity index is 422. The average Bonchev–Trinajstić information content (AvgIpc) is 2.62. The van der Waals surface area contributed by atoms with Gasteiger partial charge in [-0.15, -0.1) is 10.2 Å². The summed E-state index contributed by atoms with van der Waals surface area (Å²) in [4.78, 5) is 4.09. The van der Waals surface area contributed by atoms with Crippen molar-refractivity contribution in [1.82, 2.24) is 19.6 Å². The van der Waals surface area contributed by atoms with Crippen molar-refractivity contribution in [2.75, 3.05) is 6.54 Å². The fourth-order valence-electron chi connectivity index (χ4n) is 1.32. The van der Waals surface area contributed by atoms with Crippen LogP contribution >= 0.6 is 0 Å². The van der Waals surface area contributed by atoms with Crippen molar-refractivity contribution in [2.24, 2.45) is 11.7 Å². The Balaban J connectivity index is 2.33. The van der Waals surface area contributed by atoms with Crippen molar-refractivity contribution in [3.8, 4) is 0 Å². The highest BCUT2D eigenvalue weighted by Crippen LogP contribution is 2.05. The molecule has 0 aliphatic carbocycles. The van der Waals surface area contributed by atoms with Gasteiger partial charge < -0.3 is 5.73 Å². The van der Waals surface area contributed by atoms with Gasteiger partial charge in [-0.2, -0.15) is 0 Å². The SMILES string of the molecule is CC(CN)Cc1nnc2ncccn12. The van der Waals surface area contributed by atoms with Gasteiger partial charge in [0.25, 0.3) is 5.78 Å². The third kappa shape index (κ3) is 1.58. The Labute approximate surface area is 82.0 Å². The number of aromatic nitrogens is 4. The summed E-state index contributed by atoms with van der Waals surface area (Å²) >= 11 is 0. The maximum atomic E-state index is 5.56. The van der Waals surface area contributed by atoms with E-state index in [9.17, 15) is 0 Å². The normalized spacial score (nSPS) is 13.3. The number of rotatable bonds is 3.